The van der Waals surface area contributed by atoms with E-state index in [1.165, 1.54) is 54.6 Å². The molecule has 3 aromatic rings. The van der Waals surface area contributed by atoms with Gasteiger partial charge in [0, 0.05) is 17.4 Å². The maximum absolute atomic E-state index is 13.2. The summed E-state index contributed by atoms with van der Waals surface area (Å²) >= 11 is 0. The van der Waals surface area contributed by atoms with Crippen LogP contribution in [0.1, 0.15) is 22.8 Å². The lowest BCUT2D eigenvalue weighted by Crippen LogP contribution is -2.53. The van der Waals surface area contributed by atoms with Gasteiger partial charge in [-0.3, -0.25) is 14.9 Å². The number of hydrogen-bond donors (Lipinski definition) is 0. The topological polar surface area (TPSA) is 122 Å². The summed E-state index contributed by atoms with van der Waals surface area (Å²) in [7, 11) is -4.43. The van der Waals surface area contributed by atoms with Crippen molar-refractivity contribution in [3.05, 3.63) is 112 Å². The Kier molecular flexibility index (Phi) is 7.18. The average molecular weight is 510 g/mol. The van der Waals surface area contributed by atoms with Gasteiger partial charge in [0.05, 0.1) is 4.90 Å². The minimum absolute atomic E-state index is 0.188. The highest BCUT2D eigenvalue weighted by molar-refractivity contribution is 7.92. The SMILES string of the molecule is CC([C@@H]1C=C[C@H](Oc2ccc(C=O)cc2OCc2ccccc2)O1)([N+](=O)[O-])S(=O)(=O)c1ccccc1. The fraction of sp³-hybridized carbons (Fsp3) is 0.192. The van der Waals surface area contributed by atoms with E-state index in [2.05, 4.69) is 0 Å². The quantitative estimate of drug-likeness (QED) is 0.172. The molecule has 3 atom stereocenters. The van der Waals surface area contributed by atoms with Crippen molar-refractivity contribution in [3.63, 3.8) is 0 Å². The van der Waals surface area contributed by atoms with Crippen LogP contribution >= 0.6 is 0 Å². The van der Waals surface area contributed by atoms with E-state index >= 15 is 0 Å². The molecule has 0 spiro atoms. The molecule has 186 valence electrons. The lowest BCUT2D eigenvalue weighted by Gasteiger charge is -2.27. The molecule has 0 aromatic heterocycles. The highest BCUT2D eigenvalue weighted by Gasteiger charge is 2.60. The number of carbonyl (C=O) groups is 1. The third-order valence-electron chi connectivity index (χ3n) is 5.80. The molecular formula is C26H23NO8S. The van der Waals surface area contributed by atoms with Gasteiger partial charge in [-0.05, 0) is 48.0 Å². The summed E-state index contributed by atoms with van der Waals surface area (Å²) in [6.45, 7) is 1.22. The molecule has 0 N–H and O–H groups in total. The monoisotopic (exact) mass is 509 g/mol. The molecule has 10 heteroatoms. The molecule has 0 bridgehead atoms. The number of hydrogen-bond acceptors (Lipinski definition) is 8. The van der Waals surface area contributed by atoms with Gasteiger partial charge >= 0.3 is 4.87 Å². The van der Waals surface area contributed by atoms with Gasteiger partial charge in [0.1, 0.15) is 12.9 Å². The first kappa shape index (κ1) is 25.1. The zero-order chi connectivity index (χ0) is 25.8. The largest absolute Gasteiger partial charge is 0.485 e. The average Bonchev–Trinajstić information content (AvgIpc) is 3.37. The summed E-state index contributed by atoms with van der Waals surface area (Å²) in [6.07, 6.45) is 0.824. The molecule has 1 aliphatic heterocycles. The van der Waals surface area contributed by atoms with E-state index in [-0.39, 0.29) is 23.0 Å². The molecule has 1 heterocycles. The van der Waals surface area contributed by atoms with Crippen LogP contribution in [0.3, 0.4) is 0 Å². The van der Waals surface area contributed by atoms with Crippen molar-refractivity contribution < 1.29 is 32.3 Å². The van der Waals surface area contributed by atoms with Crippen molar-refractivity contribution in [2.24, 2.45) is 0 Å². The second kappa shape index (κ2) is 10.3. The van der Waals surface area contributed by atoms with Crippen molar-refractivity contribution in [1.82, 2.24) is 0 Å². The molecule has 36 heavy (non-hydrogen) atoms. The molecule has 0 saturated heterocycles. The van der Waals surface area contributed by atoms with Crippen LogP contribution in [-0.2, 0) is 21.2 Å². The number of carbonyl (C=O) groups excluding carboxylic acids is 1. The van der Waals surface area contributed by atoms with E-state index in [0.29, 0.717) is 11.8 Å². The Morgan fingerprint density at radius 1 is 1.00 bits per heavy atom. The van der Waals surface area contributed by atoms with Gasteiger partial charge in [-0.25, -0.2) is 8.42 Å². The molecule has 4 rings (SSSR count). The first-order valence-electron chi connectivity index (χ1n) is 11.0. The van der Waals surface area contributed by atoms with Gasteiger partial charge in [0.15, 0.2) is 17.6 Å². The van der Waals surface area contributed by atoms with Gasteiger partial charge in [0.2, 0.25) is 6.29 Å². The summed E-state index contributed by atoms with van der Waals surface area (Å²) in [5, 5.41) is 12.1. The summed E-state index contributed by atoms with van der Waals surface area (Å²) in [4.78, 5) is 19.8. The predicted octanol–water partition coefficient (Wildman–Crippen LogP) is 4.20. The van der Waals surface area contributed by atoms with E-state index in [0.717, 1.165) is 12.5 Å². The molecule has 0 aliphatic carbocycles. The van der Waals surface area contributed by atoms with E-state index in [4.69, 9.17) is 14.2 Å². The van der Waals surface area contributed by atoms with Gasteiger partial charge < -0.3 is 14.2 Å². The zero-order valence-corrected chi connectivity index (χ0v) is 20.0. The van der Waals surface area contributed by atoms with Crippen LogP contribution < -0.4 is 9.47 Å². The van der Waals surface area contributed by atoms with Gasteiger partial charge in [0.25, 0.3) is 9.84 Å². The molecule has 0 amide bonds. The van der Waals surface area contributed by atoms with E-state index in [9.17, 15) is 23.3 Å². The fourth-order valence-corrected chi connectivity index (χ4v) is 5.29. The number of nitrogens with zero attached hydrogens (tertiary/aromatic N) is 1. The maximum Gasteiger partial charge on any atom is 0.349 e. The van der Waals surface area contributed by atoms with Crippen molar-refractivity contribution in [2.45, 2.75) is 35.7 Å². The minimum atomic E-state index is -4.43. The molecule has 0 saturated carbocycles. The molecule has 1 aliphatic rings. The minimum Gasteiger partial charge on any atom is -0.485 e. The number of ether oxygens (including phenoxy) is 3. The van der Waals surface area contributed by atoms with E-state index < -0.39 is 32.0 Å². The Hall–Kier alpha value is -4.02. The van der Waals surface area contributed by atoms with Crippen LogP contribution in [0.15, 0.2) is 95.9 Å². The normalized spacial score (nSPS) is 18.8. The van der Waals surface area contributed by atoms with E-state index in [1.54, 1.807) is 6.07 Å². The van der Waals surface area contributed by atoms with Crippen LogP contribution in [0.5, 0.6) is 11.5 Å². The number of nitro groups is 1. The van der Waals surface area contributed by atoms with Gasteiger partial charge in [-0.1, -0.05) is 48.5 Å². The first-order chi connectivity index (χ1) is 17.3. The summed E-state index contributed by atoms with van der Waals surface area (Å²) in [5.74, 6) is 0.485. The first-order valence-corrected chi connectivity index (χ1v) is 12.4. The maximum atomic E-state index is 13.2. The lowest BCUT2D eigenvalue weighted by molar-refractivity contribution is -0.547. The standard InChI is InChI=1S/C26H23NO8S/c1-26(27(29)30,36(31,32)21-10-6-3-7-11-21)24-14-15-25(35-24)34-22-13-12-20(17-28)16-23(22)33-18-19-8-4-2-5-9-19/h2-17,24-25H,18H2,1H3/t24-,25+,26?/m0/s1. The molecular weight excluding hydrogens is 486 g/mol. The fourth-order valence-electron chi connectivity index (χ4n) is 3.66. The predicted molar refractivity (Wildman–Crippen MR) is 130 cm³/mol. The Bertz CT molecular complexity index is 1380. The highest BCUT2D eigenvalue weighted by atomic mass is 32.2. The smallest absolute Gasteiger partial charge is 0.349 e. The Labute approximate surface area is 208 Å². The van der Waals surface area contributed by atoms with Crippen molar-refractivity contribution in [1.29, 1.82) is 0 Å². The van der Waals surface area contributed by atoms with Crippen LogP contribution in [0.25, 0.3) is 0 Å². The van der Waals surface area contributed by atoms with Crippen LogP contribution in [0.2, 0.25) is 0 Å². The molecule has 0 fully saturated rings. The molecule has 3 aromatic carbocycles. The summed E-state index contributed by atoms with van der Waals surface area (Å²) < 4.78 is 43.9. The third kappa shape index (κ3) is 4.86. The van der Waals surface area contributed by atoms with Crippen molar-refractivity contribution in [3.8, 4) is 11.5 Å². The van der Waals surface area contributed by atoms with Crippen LogP contribution in [-0.4, -0.2) is 36.9 Å². The number of sulfone groups is 1. The molecule has 0 radical (unpaired) electrons. The lowest BCUT2D eigenvalue weighted by atomic mass is 10.2. The Balaban J connectivity index is 1.55. The number of benzene rings is 3. The second-order valence-electron chi connectivity index (χ2n) is 8.15. The van der Waals surface area contributed by atoms with Gasteiger partial charge in [-0.15, -0.1) is 0 Å². The number of rotatable bonds is 10. The summed E-state index contributed by atoms with van der Waals surface area (Å²) in [6, 6.07) is 21.1. The second-order valence-corrected chi connectivity index (χ2v) is 10.5. The Morgan fingerprint density at radius 3 is 2.31 bits per heavy atom. The van der Waals surface area contributed by atoms with Crippen molar-refractivity contribution >= 4 is 16.1 Å². The zero-order valence-electron chi connectivity index (χ0n) is 19.2. The van der Waals surface area contributed by atoms with Crippen molar-refractivity contribution in [2.75, 3.05) is 0 Å². The number of aldehydes is 1. The van der Waals surface area contributed by atoms with Gasteiger partial charge in [-0.2, -0.15) is 0 Å². The molecule has 1 unspecified atom stereocenters. The Morgan fingerprint density at radius 2 is 1.67 bits per heavy atom. The van der Waals surface area contributed by atoms with Crippen LogP contribution in [0.4, 0.5) is 0 Å². The van der Waals surface area contributed by atoms with E-state index in [1.807, 2.05) is 30.3 Å². The van der Waals surface area contributed by atoms with Crippen LogP contribution in [0, 0.1) is 10.1 Å². The molecule has 9 nitrogen and oxygen atoms in total. The summed E-state index contributed by atoms with van der Waals surface area (Å²) in [5.41, 5.74) is 1.26. The highest BCUT2D eigenvalue weighted by Crippen LogP contribution is 2.37. The third-order valence-corrected chi connectivity index (χ3v) is 8.16.